The van der Waals surface area contributed by atoms with Crippen LogP contribution in [0.25, 0.3) is 0 Å². The van der Waals surface area contributed by atoms with Crippen molar-refractivity contribution < 1.29 is 13.2 Å². The van der Waals surface area contributed by atoms with Gasteiger partial charge in [-0.2, -0.15) is 4.31 Å². The second-order valence-corrected chi connectivity index (χ2v) is 8.10. The molecule has 1 aromatic carbocycles. The van der Waals surface area contributed by atoms with Crippen LogP contribution < -0.4 is 5.32 Å². The molecule has 1 aromatic heterocycles. The number of hydrogen-bond acceptors (Lipinski definition) is 4. The highest BCUT2D eigenvalue weighted by atomic mass is 32.2. The number of aryl methyl sites for hydroxylation is 3. The van der Waals surface area contributed by atoms with Gasteiger partial charge in [0.1, 0.15) is 0 Å². The van der Waals surface area contributed by atoms with Gasteiger partial charge in [-0.25, -0.2) is 8.42 Å². The van der Waals surface area contributed by atoms with Crippen LogP contribution in [-0.4, -0.2) is 37.2 Å². The Balaban J connectivity index is 2.00. The number of rotatable bonds is 6. The Morgan fingerprint density at radius 3 is 2.48 bits per heavy atom. The summed E-state index contributed by atoms with van der Waals surface area (Å²) in [5.74, 6) is -0.377. The van der Waals surface area contributed by atoms with Gasteiger partial charge in [-0.15, -0.1) is 0 Å². The normalized spacial score (nSPS) is 11.6. The van der Waals surface area contributed by atoms with E-state index in [0.29, 0.717) is 0 Å². The van der Waals surface area contributed by atoms with E-state index in [1.165, 1.54) is 7.05 Å². The summed E-state index contributed by atoms with van der Waals surface area (Å²) >= 11 is 0. The standard InChI is InChI=1S/C18H23N3O3S/c1-13-8-9-17(10-14(13)2)25(23,24)21(4)12-18(22)19-11-16-7-5-6-15(3)20-16/h5-10H,11-12H2,1-4H3,(H,19,22). The predicted molar refractivity (Wildman–Crippen MR) is 96.6 cm³/mol. The van der Waals surface area contributed by atoms with Crippen LogP contribution in [0.2, 0.25) is 0 Å². The zero-order chi connectivity index (χ0) is 18.6. The predicted octanol–water partition coefficient (Wildman–Crippen LogP) is 1.94. The van der Waals surface area contributed by atoms with Crippen molar-refractivity contribution in [3.63, 3.8) is 0 Å². The first kappa shape index (κ1) is 19.1. The summed E-state index contributed by atoms with van der Waals surface area (Å²) in [6, 6.07) is 10.5. The summed E-state index contributed by atoms with van der Waals surface area (Å²) in [5.41, 5.74) is 3.50. The zero-order valence-corrected chi connectivity index (χ0v) is 15.7. The Labute approximate surface area is 148 Å². The molecule has 0 spiro atoms. The number of pyridine rings is 1. The van der Waals surface area contributed by atoms with Crippen molar-refractivity contribution in [3.8, 4) is 0 Å². The van der Waals surface area contributed by atoms with Crippen LogP contribution in [0, 0.1) is 20.8 Å². The molecule has 0 aliphatic rings. The Hall–Kier alpha value is -2.25. The molecular weight excluding hydrogens is 338 g/mol. The summed E-state index contributed by atoms with van der Waals surface area (Å²) in [7, 11) is -2.31. The number of nitrogens with zero attached hydrogens (tertiary/aromatic N) is 2. The van der Waals surface area contributed by atoms with Crippen LogP contribution in [0.4, 0.5) is 0 Å². The van der Waals surface area contributed by atoms with Gasteiger partial charge in [0.25, 0.3) is 0 Å². The molecule has 0 fully saturated rings. The van der Waals surface area contributed by atoms with E-state index in [9.17, 15) is 13.2 Å². The number of amides is 1. The number of nitrogens with one attached hydrogen (secondary N) is 1. The molecule has 0 bridgehead atoms. The van der Waals surface area contributed by atoms with E-state index in [-0.39, 0.29) is 23.9 Å². The zero-order valence-electron chi connectivity index (χ0n) is 14.9. The van der Waals surface area contributed by atoms with Gasteiger partial charge in [-0.3, -0.25) is 9.78 Å². The smallest absolute Gasteiger partial charge is 0.243 e. The number of benzene rings is 1. The van der Waals surface area contributed by atoms with Crippen molar-refractivity contribution in [1.29, 1.82) is 0 Å². The molecule has 0 saturated carbocycles. The summed E-state index contributed by atoms with van der Waals surface area (Å²) < 4.78 is 26.2. The average Bonchev–Trinajstić information content (AvgIpc) is 2.55. The number of likely N-dealkylation sites (N-methyl/N-ethyl adjacent to an activating group) is 1. The van der Waals surface area contributed by atoms with Crippen LogP contribution >= 0.6 is 0 Å². The van der Waals surface area contributed by atoms with E-state index in [4.69, 9.17) is 0 Å². The second kappa shape index (κ2) is 7.76. The molecule has 1 amide bonds. The molecule has 0 saturated heterocycles. The van der Waals surface area contributed by atoms with Crippen LogP contribution in [0.5, 0.6) is 0 Å². The Morgan fingerprint density at radius 1 is 1.12 bits per heavy atom. The lowest BCUT2D eigenvalue weighted by Gasteiger charge is -2.17. The van der Waals surface area contributed by atoms with Gasteiger partial charge in [0.05, 0.1) is 23.7 Å². The first-order chi connectivity index (χ1) is 11.7. The van der Waals surface area contributed by atoms with Crippen LogP contribution in [0.15, 0.2) is 41.3 Å². The quantitative estimate of drug-likeness (QED) is 0.853. The molecule has 2 rings (SSSR count). The van der Waals surface area contributed by atoms with E-state index in [0.717, 1.165) is 26.8 Å². The summed E-state index contributed by atoms with van der Waals surface area (Å²) in [6.07, 6.45) is 0. The SMILES string of the molecule is Cc1cccc(CNC(=O)CN(C)S(=O)(=O)c2ccc(C)c(C)c2)n1. The molecule has 0 aliphatic heterocycles. The third kappa shape index (κ3) is 4.87. The van der Waals surface area contributed by atoms with Crippen molar-refractivity contribution >= 4 is 15.9 Å². The van der Waals surface area contributed by atoms with Gasteiger partial charge in [0, 0.05) is 12.7 Å². The van der Waals surface area contributed by atoms with Gasteiger partial charge < -0.3 is 5.32 Å². The van der Waals surface area contributed by atoms with Gasteiger partial charge in [0.2, 0.25) is 15.9 Å². The van der Waals surface area contributed by atoms with Gasteiger partial charge in [-0.05, 0) is 56.2 Å². The average molecular weight is 361 g/mol. The van der Waals surface area contributed by atoms with E-state index in [2.05, 4.69) is 10.3 Å². The lowest BCUT2D eigenvalue weighted by Crippen LogP contribution is -2.38. The molecule has 1 N–H and O–H groups in total. The highest BCUT2D eigenvalue weighted by Gasteiger charge is 2.23. The lowest BCUT2D eigenvalue weighted by atomic mass is 10.1. The monoisotopic (exact) mass is 361 g/mol. The van der Waals surface area contributed by atoms with Crippen molar-refractivity contribution in [2.24, 2.45) is 0 Å². The van der Waals surface area contributed by atoms with E-state index in [1.54, 1.807) is 18.2 Å². The summed E-state index contributed by atoms with van der Waals surface area (Å²) in [5, 5.41) is 2.69. The maximum Gasteiger partial charge on any atom is 0.243 e. The number of sulfonamides is 1. The molecule has 6 nitrogen and oxygen atoms in total. The number of carbonyl (C=O) groups excluding carboxylic acids is 1. The highest BCUT2D eigenvalue weighted by Crippen LogP contribution is 2.18. The molecule has 7 heteroatoms. The van der Waals surface area contributed by atoms with Gasteiger partial charge >= 0.3 is 0 Å². The fraction of sp³-hybridized carbons (Fsp3) is 0.333. The number of aromatic nitrogens is 1. The van der Waals surface area contributed by atoms with Gasteiger partial charge in [-0.1, -0.05) is 12.1 Å². The van der Waals surface area contributed by atoms with Crippen LogP contribution in [-0.2, 0) is 21.4 Å². The first-order valence-corrected chi connectivity index (χ1v) is 9.37. The molecule has 1 heterocycles. The Kier molecular flexibility index (Phi) is 5.92. The minimum atomic E-state index is -3.71. The lowest BCUT2D eigenvalue weighted by molar-refractivity contribution is -0.121. The number of hydrogen-bond donors (Lipinski definition) is 1. The fourth-order valence-corrected chi connectivity index (χ4v) is 3.50. The Bertz CT molecular complexity index is 879. The van der Waals surface area contributed by atoms with E-state index in [1.807, 2.05) is 39.0 Å². The molecule has 134 valence electrons. The molecule has 2 aromatic rings. The number of carbonyl (C=O) groups is 1. The molecule has 0 aliphatic carbocycles. The second-order valence-electron chi connectivity index (χ2n) is 6.05. The Morgan fingerprint density at radius 2 is 1.84 bits per heavy atom. The fourth-order valence-electron chi connectivity index (χ4n) is 2.28. The van der Waals surface area contributed by atoms with Crippen molar-refractivity contribution in [2.45, 2.75) is 32.2 Å². The molecular formula is C18H23N3O3S. The molecule has 0 radical (unpaired) electrons. The van der Waals surface area contributed by atoms with Crippen molar-refractivity contribution in [1.82, 2.24) is 14.6 Å². The van der Waals surface area contributed by atoms with Crippen LogP contribution in [0.3, 0.4) is 0 Å². The minimum Gasteiger partial charge on any atom is -0.349 e. The van der Waals surface area contributed by atoms with Crippen LogP contribution in [0.1, 0.15) is 22.5 Å². The summed E-state index contributed by atoms with van der Waals surface area (Å²) in [6.45, 7) is 5.66. The summed E-state index contributed by atoms with van der Waals surface area (Å²) in [4.78, 5) is 16.5. The maximum absolute atomic E-state index is 12.6. The first-order valence-electron chi connectivity index (χ1n) is 7.93. The molecule has 25 heavy (non-hydrogen) atoms. The van der Waals surface area contributed by atoms with E-state index >= 15 is 0 Å². The third-order valence-electron chi connectivity index (χ3n) is 3.97. The largest absolute Gasteiger partial charge is 0.349 e. The third-order valence-corrected chi connectivity index (χ3v) is 5.76. The molecule has 0 unspecified atom stereocenters. The topological polar surface area (TPSA) is 79.4 Å². The van der Waals surface area contributed by atoms with Crippen molar-refractivity contribution in [2.75, 3.05) is 13.6 Å². The molecule has 0 atom stereocenters. The van der Waals surface area contributed by atoms with E-state index < -0.39 is 10.0 Å². The maximum atomic E-state index is 12.6. The van der Waals surface area contributed by atoms with Crippen molar-refractivity contribution in [3.05, 3.63) is 58.9 Å². The highest BCUT2D eigenvalue weighted by molar-refractivity contribution is 7.89. The van der Waals surface area contributed by atoms with Gasteiger partial charge in [0.15, 0.2) is 0 Å². The minimum absolute atomic E-state index is 0.186.